The van der Waals surface area contributed by atoms with Crippen LogP contribution >= 0.6 is 11.3 Å². The van der Waals surface area contributed by atoms with Gasteiger partial charge in [0.05, 0.1) is 5.51 Å². The Morgan fingerprint density at radius 2 is 2.38 bits per heavy atom. The molecule has 0 bridgehead atoms. The Bertz CT molecular complexity index is 370. The van der Waals surface area contributed by atoms with E-state index in [0.717, 1.165) is 6.42 Å². The summed E-state index contributed by atoms with van der Waals surface area (Å²) in [6.07, 6.45) is 2.53. The summed E-state index contributed by atoms with van der Waals surface area (Å²) >= 11 is 1.63. The number of carbonyl (C=O) groups excluding carboxylic acids is 1. The monoisotopic (exact) mass is 240 g/mol. The van der Waals surface area contributed by atoms with Crippen molar-refractivity contribution in [3.63, 3.8) is 0 Å². The second kappa shape index (κ2) is 4.05. The van der Waals surface area contributed by atoms with E-state index in [1.165, 1.54) is 4.88 Å². The average molecular weight is 240 g/mol. The first-order valence-electron chi connectivity index (χ1n) is 5.33. The van der Waals surface area contributed by atoms with Gasteiger partial charge in [-0.3, -0.25) is 4.98 Å². The zero-order chi connectivity index (χ0) is 11.8. The highest BCUT2D eigenvalue weighted by molar-refractivity contribution is 7.09. The van der Waals surface area contributed by atoms with E-state index in [-0.39, 0.29) is 12.1 Å². The minimum absolute atomic E-state index is 0.218. The fourth-order valence-corrected chi connectivity index (χ4v) is 2.34. The molecule has 4 nitrogen and oxygen atoms in total. The molecule has 16 heavy (non-hydrogen) atoms. The van der Waals surface area contributed by atoms with E-state index in [4.69, 9.17) is 4.74 Å². The highest BCUT2D eigenvalue weighted by Gasteiger charge is 2.41. The molecule has 1 N–H and O–H groups in total. The van der Waals surface area contributed by atoms with Gasteiger partial charge in [-0.25, -0.2) is 4.79 Å². The quantitative estimate of drug-likeness (QED) is 0.864. The molecule has 1 aliphatic rings. The predicted octanol–water partition coefficient (Wildman–Crippen LogP) is 2.52. The Morgan fingerprint density at radius 3 is 2.94 bits per heavy atom. The van der Waals surface area contributed by atoms with Crippen molar-refractivity contribution in [2.45, 2.75) is 44.8 Å². The third kappa shape index (κ3) is 2.95. The molecule has 1 amide bonds. The Hall–Kier alpha value is -1.10. The van der Waals surface area contributed by atoms with Crippen molar-refractivity contribution in [3.8, 4) is 0 Å². The van der Waals surface area contributed by atoms with Crippen LogP contribution in [0, 0.1) is 0 Å². The number of carbonyl (C=O) groups is 1. The molecule has 0 saturated heterocycles. The third-order valence-electron chi connectivity index (χ3n) is 2.31. The van der Waals surface area contributed by atoms with Crippen molar-refractivity contribution in [1.82, 2.24) is 10.3 Å². The number of nitrogens with one attached hydrogen (secondary N) is 1. The molecule has 1 aromatic rings. The summed E-state index contributed by atoms with van der Waals surface area (Å²) < 4.78 is 5.19. The molecule has 0 aromatic carbocycles. The van der Waals surface area contributed by atoms with Gasteiger partial charge < -0.3 is 10.1 Å². The third-order valence-corrected chi connectivity index (χ3v) is 3.22. The van der Waals surface area contributed by atoms with Gasteiger partial charge in [-0.05, 0) is 27.2 Å². The normalized spacial score (nSPS) is 23.9. The predicted molar refractivity (Wildman–Crippen MR) is 62.6 cm³/mol. The minimum atomic E-state index is -0.432. The smallest absolute Gasteiger partial charge is 0.407 e. The maximum absolute atomic E-state index is 11.5. The van der Waals surface area contributed by atoms with Gasteiger partial charge >= 0.3 is 6.09 Å². The SMILES string of the molecule is CC(C)(C)OC(=O)NC1CC1c1cncs1. The second-order valence-corrected chi connectivity index (χ2v) is 5.92. The van der Waals surface area contributed by atoms with Gasteiger partial charge in [-0.1, -0.05) is 0 Å². The van der Waals surface area contributed by atoms with Crippen molar-refractivity contribution >= 4 is 17.4 Å². The van der Waals surface area contributed by atoms with Crippen molar-refractivity contribution in [1.29, 1.82) is 0 Å². The number of hydrogen-bond acceptors (Lipinski definition) is 4. The van der Waals surface area contributed by atoms with Crippen LogP contribution in [0.4, 0.5) is 4.79 Å². The molecule has 0 aliphatic heterocycles. The van der Waals surface area contributed by atoms with E-state index in [1.54, 1.807) is 11.3 Å². The molecular weight excluding hydrogens is 224 g/mol. The van der Waals surface area contributed by atoms with Gasteiger partial charge in [-0.15, -0.1) is 11.3 Å². The Morgan fingerprint density at radius 1 is 1.62 bits per heavy atom. The zero-order valence-corrected chi connectivity index (χ0v) is 10.5. The van der Waals surface area contributed by atoms with Crippen LogP contribution in [0.3, 0.4) is 0 Å². The van der Waals surface area contributed by atoms with E-state index >= 15 is 0 Å². The standard InChI is InChI=1S/C11H16N2O2S/c1-11(2,3)15-10(14)13-8-4-7(8)9-5-12-6-16-9/h5-8H,4H2,1-3H3,(H,13,14). The summed E-state index contributed by atoms with van der Waals surface area (Å²) in [4.78, 5) is 16.7. The fourth-order valence-electron chi connectivity index (χ4n) is 1.54. The molecule has 88 valence electrons. The van der Waals surface area contributed by atoms with Gasteiger partial charge in [-0.2, -0.15) is 0 Å². The largest absolute Gasteiger partial charge is 0.444 e. The topological polar surface area (TPSA) is 51.2 Å². The zero-order valence-electron chi connectivity index (χ0n) is 9.69. The molecule has 1 saturated carbocycles. The van der Waals surface area contributed by atoms with Crippen LogP contribution in [0.5, 0.6) is 0 Å². The lowest BCUT2D eigenvalue weighted by molar-refractivity contribution is 0.0523. The minimum Gasteiger partial charge on any atom is -0.444 e. The van der Waals surface area contributed by atoms with Crippen LogP contribution in [0.15, 0.2) is 11.7 Å². The van der Waals surface area contributed by atoms with Crippen LogP contribution in [0.25, 0.3) is 0 Å². The number of rotatable bonds is 2. The maximum atomic E-state index is 11.5. The van der Waals surface area contributed by atoms with Crippen LogP contribution < -0.4 is 5.32 Å². The number of amides is 1. The van der Waals surface area contributed by atoms with E-state index in [0.29, 0.717) is 5.92 Å². The number of ether oxygens (including phenoxy) is 1. The first-order chi connectivity index (χ1) is 7.46. The van der Waals surface area contributed by atoms with Crippen LogP contribution in [-0.2, 0) is 4.74 Å². The number of thiazole rings is 1. The molecule has 1 heterocycles. The number of hydrogen-bond donors (Lipinski definition) is 1. The lowest BCUT2D eigenvalue weighted by Gasteiger charge is -2.19. The Balaban J connectivity index is 1.79. The fraction of sp³-hybridized carbons (Fsp3) is 0.636. The van der Waals surface area contributed by atoms with Crippen LogP contribution in [-0.4, -0.2) is 22.7 Å². The molecule has 1 aromatic heterocycles. The maximum Gasteiger partial charge on any atom is 0.407 e. The summed E-state index contributed by atoms with van der Waals surface area (Å²) in [5, 5.41) is 2.87. The molecule has 0 radical (unpaired) electrons. The number of aromatic nitrogens is 1. The highest BCUT2D eigenvalue weighted by atomic mass is 32.1. The summed E-state index contributed by atoms with van der Waals surface area (Å²) in [7, 11) is 0. The second-order valence-electron chi connectivity index (χ2n) is 5.00. The molecular formula is C11H16N2O2S. The summed E-state index contributed by atoms with van der Waals surface area (Å²) in [5.41, 5.74) is 1.39. The highest BCUT2D eigenvalue weighted by Crippen LogP contribution is 2.42. The van der Waals surface area contributed by atoms with Crippen molar-refractivity contribution in [2.24, 2.45) is 0 Å². The van der Waals surface area contributed by atoms with Gasteiger partial charge in [0.15, 0.2) is 0 Å². The summed E-state index contributed by atoms with van der Waals surface area (Å²) in [5.74, 6) is 0.431. The van der Waals surface area contributed by atoms with Gasteiger partial charge in [0, 0.05) is 23.0 Å². The van der Waals surface area contributed by atoms with E-state index < -0.39 is 5.60 Å². The van der Waals surface area contributed by atoms with Crippen molar-refractivity contribution < 1.29 is 9.53 Å². The molecule has 1 aliphatic carbocycles. The first-order valence-corrected chi connectivity index (χ1v) is 6.21. The van der Waals surface area contributed by atoms with Crippen LogP contribution in [0.1, 0.15) is 38.0 Å². The van der Waals surface area contributed by atoms with Gasteiger partial charge in [0.25, 0.3) is 0 Å². The molecule has 2 unspecified atom stereocenters. The molecule has 1 fully saturated rings. The van der Waals surface area contributed by atoms with Crippen molar-refractivity contribution in [3.05, 3.63) is 16.6 Å². The molecule has 2 atom stereocenters. The number of nitrogens with zero attached hydrogens (tertiary/aromatic N) is 1. The molecule has 5 heteroatoms. The Kier molecular flexibility index (Phi) is 2.88. The molecule has 2 rings (SSSR count). The summed E-state index contributed by atoms with van der Waals surface area (Å²) in [6, 6.07) is 0.218. The van der Waals surface area contributed by atoms with Crippen LogP contribution in [0.2, 0.25) is 0 Å². The van der Waals surface area contributed by atoms with Gasteiger partial charge in [0.1, 0.15) is 5.60 Å². The summed E-state index contributed by atoms with van der Waals surface area (Å²) in [6.45, 7) is 5.58. The van der Waals surface area contributed by atoms with E-state index in [2.05, 4.69) is 10.3 Å². The average Bonchev–Trinajstić information content (AvgIpc) is 2.70. The first kappa shape index (κ1) is 11.4. The van der Waals surface area contributed by atoms with E-state index in [9.17, 15) is 4.79 Å². The van der Waals surface area contributed by atoms with E-state index in [1.807, 2.05) is 32.5 Å². The lowest BCUT2D eigenvalue weighted by Crippen LogP contribution is -2.34. The molecule has 0 spiro atoms. The number of alkyl carbamates (subject to hydrolysis) is 1. The lowest BCUT2D eigenvalue weighted by atomic mass is 10.2. The van der Waals surface area contributed by atoms with Crippen molar-refractivity contribution in [2.75, 3.05) is 0 Å². The van der Waals surface area contributed by atoms with Gasteiger partial charge in [0.2, 0.25) is 0 Å². The Labute approximate surface area is 99.0 Å².